The topological polar surface area (TPSA) is 47.6 Å². The van der Waals surface area contributed by atoms with Crippen molar-refractivity contribution in [1.29, 1.82) is 0 Å². The van der Waals surface area contributed by atoms with E-state index in [0.717, 1.165) is 12.8 Å². The zero-order chi connectivity index (χ0) is 16.6. The van der Waals surface area contributed by atoms with Crippen LogP contribution in [0.25, 0.3) is 0 Å². The van der Waals surface area contributed by atoms with Gasteiger partial charge in [0.05, 0.1) is 18.8 Å². The van der Waals surface area contributed by atoms with Crippen LogP contribution in [0.5, 0.6) is 0 Å². The zero-order valence-corrected chi connectivity index (χ0v) is 13.7. The van der Waals surface area contributed by atoms with Crippen molar-refractivity contribution in [3.8, 4) is 0 Å². The molecule has 0 aliphatic carbocycles. The third kappa shape index (κ3) is 4.91. The highest BCUT2D eigenvalue weighted by Crippen LogP contribution is 2.14. The van der Waals surface area contributed by atoms with Gasteiger partial charge >= 0.3 is 5.97 Å². The molecule has 4 heteroatoms. The van der Waals surface area contributed by atoms with E-state index >= 15 is 0 Å². The van der Waals surface area contributed by atoms with Crippen molar-refractivity contribution in [3.63, 3.8) is 0 Å². The number of hydrogen-bond donors (Lipinski definition) is 1. The number of nitrogens with one attached hydrogen (secondary N) is 1. The predicted molar refractivity (Wildman–Crippen MR) is 92.8 cm³/mol. The van der Waals surface area contributed by atoms with E-state index in [9.17, 15) is 4.79 Å². The Balaban J connectivity index is 1.34. The van der Waals surface area contributed by atoms with Crippen LogP contribution >= 0.6 is 0 Å². The fourth-order valence-electron chi connectivity index (χ4n) is 2.89. The zero-order valence-electron chi connectivity index (χ0n) is 13.7. The van der Waals surface area contributed by atoms with Crippen molar-refractivity contribution >= 4 is 5.97 Å². The summed E-state index contributed by atoms with van der Waals surface area (Å²) in [5, 5.41) is 3.48. The van der Waals surface area contributed by atoms with Crippen molar-refractivity contribution < 1.29 is 14.3 Å². The standard InChI is InChI=1S/C20H23NO3/c22-20(17-9-5-2-6-10-17)24-15-19-12-11-18(21-19)14-23-13-16-7-3-1-4-8-16/h1-10,18-19,21H,11-15H2/t18-,19-/m0/s1. The van der Waals surface area contributed by atoms with Crippen molar-refractivity contribution in [2.75, 3.05) is 13.2 Å². The summed E-state index contributed by atoms with van der Waals surface area (Å²) in [4.78, 5) is 11.9. The van der Waals surface area contributed by atoms with E-state index in [1.165, 1.54) is 5.56 Å². The van der Waals surface area contributed by atoms with Crippen molar-refractivity contribution in [2.45, 2.75) is 31.5 Å². The van der Waals surface area contributed by atoms with E-state index < -0.39 is 0 Å². The average molecular weight is 325 g/mol. The SMILES string of the molecule is O=C(OC[C@@H]1CC[C@@H](COCc2ccccc2)N1)c1ccccc1. The lowest BCUT2D eigenvalue weighted by Crippen LogP contribution is -2.35. The number of esters is 1. The van der Waals surface area contributed by atoms with E-state index in [-0.39, 0.29) is 12.0 Å². The lowest BCUT2D eigenvalue weighted by Gasteiger charge is -2.15. The van der Waals surface area contributed by atoms with Crippen LogP contribution in [-0.4, -0.2) is 31.3 Å². The molecule has 2 aromatic carbocycles. The molecule has 1 aliphatic heterocycles. The van der Waals surface area contributed by atoms with Crippen LogP contribution in [0.1, 0.15) is 28.8 Å². The normalized spacial score (nSPS) is 20.0. The molecule has 0 amide bonds. The van der Waals surface area contributed by atoms with Gasteiger partial charge in [0.1, 0.15) is 6.61 Å². The van der Waals surface area contributed by atoms with Crippen LogP contribution in [0.15, 0.2) is 60.7 Å². The summed E-state index contributed by atoms with van der Waals surface area (Å²) in [6.45, 7) is 1.72. The fraction of sp³-hybridized carbons (Fsp3) is 0.350. The molecule has 0 unspecified atom stereocenters. The molecule has 0 bridgehead atoms. The molecule has 0 aromatic heterocycles. The highest BCUT2D eigenvalue weighted by Gasteiger charge is 2.24. The van der Waals surface area contributed by atoms with Crippen molar-refractivity contribution in [1.82, 2.24) is 5.32 Å². The van der Waals surface area contributed by atoms with Crippen LogP contribution < -0.4 is 5.32 Å². The predicted octanol–water partition coefficient (Wildman–Crippen LogP) is 3.18. The number of carbonyl (C=O) groups excluding carboxylic acids is 1. The van der Waals surface area contributed by atoms with Gasteiger partial charge in [-0.2, -0.15) is 0 Å². The molecule has 0 saturated carbocycles. The Kier molecular flexibility index (Phi) is 5.99. The van der Waals surface area contributed by atoms with Crippen LogP contribution in [0.2, 0.25) is 0 Å². The molecular weight excluding hydrogens is 302 g/mol. The van der Waals surface area contributed by atoms with Gasteiger partial charge in [0.15, 0.2) is 0 Å². The maximum Gasteiger partial charge on any atom is 0.338 e. The fourth-order valence-corrected chi connectivity index (χ4v) is 2.89. The molecule has 2 aromatic rings. The second-order valence-corrected chi connectivity index (χ2v) is 6.10. The Bertz CT molecular complexity index is 630. The molecule has 126 valence electrons. The van der Waals surface area contributed by atoms with E-state index in [1.807, 2.05) is 36.4 Å². The van der Waals surface area contributed by atoms with Gasteiger partial charge in [-0.25, -0.2) is 4.79 Å². The highest BCUT2D eigenvalue weighted by atomic mass is 16.5. The summed E-state index contributed by atoms with van der Waals surface area (Å²) < 4.78 is 11.2. The molecule has 1 aliphatic rings. The molecule has 3 rings (SSSR count). The van der Waals surface area contributed by atoms with Gasteiger partial charge in [0, 0.05) is 12.1 Å². The summed E-state index contributed by atoms with van der Waals surface area (Å²) in [5.74, 6) is -0.263. The maximum absolute atomic E-state index is 11.9. The third-order valence-corrected chi connectivity index (χ3v) is 4.19. The first-order valence-corrected chi connectivity index (χ1v) is 8.41. The summed E-state index contributed by atoms with van der Waals surface area (Å²) in [6, 6.07) is 19.8. The largest absolute Gasteiger partial charge is 0.460 e. The van der Waals surface area contributed by atoms with Gasteiger partial charge in [0.25, 0.3) is 0 Å². The second-order valence-electron chi connectivity index (χ2n) is 6.10. The summed E-state index contributed by atoms with van der Waals surface area (Å²) in [7, 11) is 0. The van der Waals surface area contributed by atoms with Crippen LogP contribution in [0.3, 0.4) is 0 Å². The van der Waals surface area contributed by atoms with Gasteiger partial charge in [-0.15, -0.1) is 0 Å². The van der Waals surface area contributed by atoms with Gasteiger partial charge in [-0.3, -0.25) is 0 Å². The smallest absolute Gasteiger partial charge is 0.338 e. The average Bonchev–Trinajstić information content (AvgIpc) is 3.09. The van der Waals surface area contributed by atoms with E-state index in [1.54, 1.807) is 12.1 Å². The van der Waals surface area contributed by atoms with Crippen LogP contribution in [0.4, 0.5) is 0 Å². The lowest BCUT2D eigenvalue weighted by atomic mass is 10.2. The van der Waals surface area contributed by atoms with Crippen molar-refractivity contribution in [2.24, 2.45) is 0 Å². The summed E-state index contributed by atoms with van der Waals surface area (Å²) in [6.07, 6.45) is 2.05. The molecule has 1 N–H and O–H groups in total. The molecule has 0 spiro atoms. The molecular formula is C20H23NO3. The number of carbonyl (C=O) groups is 1. The number of benzene rings is 2. The molecule has 1 heterocycles. The van der Waals surface area contributed by atoms with Gasteiger partial charge in [-0.05, 0) is 30.5 Å². The molecule has 2 atom stereocenters. The summed E-state index contributed by atoms with van der Waals surface area (Å²) >= 11 is 0. The minimum absolute atomic E-state index is 0.211. The van der Waals surface area contributed by atoms with Crippen molar-refractivity contribution in [3.05, 3.63) is 71.8 Å². The lowest BCUT2D eigenvalue weighted by molar-refractivity contribution is 0.0465. The van der Waals surface area contributed by atoms with Crippen LogP contribution in [0, 0.1) is 0 Å². The molecule has 0 radical (unpaired) electrons. The number of rotatable bonds is 7. The quantitative estimate of drug-likeness (QED) is 0.794. The Morgan fingerprint density at radius 1 is 0.917 bits per heavy atom. The van der Waals surface area contributed by atoms with Gasteiger partial charge in [-0.1, -0.05) is 48.5 Å². The first kappa shape index (κ1) is 16.7. The Hall–Kier alpha value is -2.17. The first-order valence-electron chi connectivity index (χ1n) is 8.41. The Morgan fingerprint density at radius 2 is 1.54 bits per heavy atom. The minimum atomic E-state index is -0.263. The Morgan fingerprint density at radius 3 is 2.25 bits per heavy atom. The van der Waals surface area contributed by atoms with E-state index in [0.29, 0.717) is 31.4 Å². The van der Waals surface area contributed by atoms with E-state index in [4.69, 9.17) is 9.47 Å². The van der Waals surface area contributed by atoms with Gasteiger partial charge < -0.3 is 14.8 Å². The monoisotopic (exact) mass is 325 g/mol. The molecule has 24 heavy (non-hydrogen) atoms. The summed E-state index contributed by atoms with van der Waals surface area (Å²) in [5.41, 5.74) is 1.78. The maximum atomic E-state index is 11.9. The van der Waals surface area contributed by atoms with Crippen LogP contribution in [-0.2, 0) is 16.1 Å². The second kappa shape index (κ2) is 8.62. The molecule has 1 fully saturated rings. The minimum Gasteiger partial charge on any atom is -0.460 e. The number of ether oxygens (including phenoxy) is 2. The molecule has 4 nitrogen and oxygen atoms in total. The highest BCUT2D eigenvalue weighted by molar-refractivity contribution is 5.89. The third-order valence-electron chi connectivity index (χ3n) is 4.19. The Labute approximate surface area is 142 Å². The van der Waals surface area contributed by atoms with Gasteiger partial charge in [0.2, 0.25) is 0 Å². The number of hydrogen-bond acceptors (Lipinski definition) is 4. The van der Waals surface area contributed by atoms with E-state index in [2.05, 4.69) is 17.4 Å². The molecule has 1 saturated heterocycles. The first-order chi connectivity index (χ1) is 11.8.